The van der Waals surface area contributed by atoms with Crippen LogP contribution in [-0.4, -0.2) is 67.3 Å². The van der Waals surface area contributed by atoms with Crippen molar-refractivity contribution in [3.63, 3.8) is 0 Å². The van der Waals surface area contributed by atoms with E-state index in [2.05, 4.69) is 15.6 Å². The molecule has 1 aromatic heterocycles. The van der Waals surface area contributed by atoms with E-state index in [4.69, 9.17) is 5.11 Å². The molecule has 0 bridgehead atoms. The van der Waals surface area contributed by atoms with Gasteiger partial charge in [0, 0.05) is 32.3 Å². The number of amides is 2. The smallest absolute Gasteiger partial charge is 0.326 e. The molecule has 1 aliphatic rings. The lowest BCUT2D eigenvalue weighted by atomic mass is 10.2. The van der Waals surface area contributed by atoms with Crippen molar-refractivity contribution in [1.82, 2.24) is 25.2 Å². The standard InChI is InChI=1S/C11H17N5O4/c17-8-6-9(10(18)19)16(7-8)11(20)12-2-1-4-15-5-3-13-14-15/h3,5,8-9,17H,1-2,4,6-7H2,(H,12,20)(H,18,19)/t8-,9-/m0/s1. The van der Waals surface area contributed by atoms with E-state index in [0.29, 0.717) is 19.5 Å². The van der Waals surface area contributed by atoms with E-state index < -0.39 is 24.1 Å². The van der Waals surface area contributed by atoms with E-state index in [1.165, 1.54) is 0 Å². The van der Waals surface area contributed by atoms with Crippen LogP contribution in [0.1, 0.15) is 12.8 Å². The summed E-state index contributed by atoms with van der Waals surface area (Å²) in [5.41, 5.74) is 0. The van der Waals surface area contributed by atoms with Gasteiger partial charge in [-0.15, -0.1) is 5.10 Å². The van der Waals surface area contributed by atoms with Crippen LogP contribution >= 0.6 is 0 Å². The molecule has 2 amide bonds. The summed E-state index contributed by atoms with van der Waals surface area (Å²) in [5.74, 6) is -1.10. The zero-order valence-corrected chi connectivity index (χ0v) is 10.8. The molecule has 2 atom stereocenters. The number of rotatable bonds is 5. The number of carbonyl (C=O) groups excluding carboxylic acids is 1. The molecule has 110 valence electrons. The highest BCUT2D eigenvalue weighted by Crippen LogP contribution is 2.17. The number of aliphatic hydroxyl groups is 1. The number of likely N-dealkylation sites (tertiary alicyclic amines) is 1. The minimum Gasteiger partial charge on any atom is -0.480 e. The number of hydrogen-bond donors (Lipinski definition) is 3. The molecule has 1 saturated heterocycles. The number of aromatic nitrogens is 3. The molecule has 0 aromatic carbocycles. The molecule has 0 saturated carbocycles. The summed E-state index contributed by atoms with van der Waals surface area (Å²) in [6, 6.07) is -1.42. The van der Waals surface area contributed by atoms with E-state index >= 15 is 0 Å². The van der Waals surface area contributed by atoms with Gasteiger partial charge in [-0.25, -0.2) is 9.59 Å². The number of carboxylic acids is 1. The fraction of sp³-hybridized carbons (Fsp3) is 0.636. The number of aliphatic carboxylic acids is 1. The van der Waals surface area contributed by atoms with Gasteiger partial charge < -0.3 is 20.4 Å². The summed E-state index contributed by atoms with van der Waals surface area (Å²) >= 11 is 0. The van der Waals surface area contributed by atoms with Crippen LogP contribution in [0.3, 0.4) is 0 Å². The van der Waals surface area contributed by atoms with Crippen molar-refractivity contribution in [2.75, 3.05) is 13.1 Å². The highest BCUT2D eigenvalue weighted by molar-refractivity contribution is 5.83. The molecule has 9 nitrogen and oxygen atoms in total. The number of hydrogen-bond acceptors (Lipinski definition) is 5. The minimum atomic E-state index is -1.10. The first-order valence-electron chi connectivity index (χ1n) is 6.37. The Morgan fingerprint density at radius 1 is 1.45 bits per heavy atom. The second kappa shape index (κ2) is 6.33. The quantitative estimate of drug-likeness (QED) is 0.590. The predicted molar refractivity (Wildman–Crippen MR) is 66.8 cm³/mol. The Morgan fingerprint density at radius 3 is 2.90 bits per heavy atom. The van der Waals surface area contributed by atoms with Crippen molar-refractivity contribution in [2.24, 2.45) is 0 Å². The van der Waals surface area contributed by atoms with Crippen molar-refractivity contribution in [2.45, 2.75) is 31.5 Å². The van der Waals surface area contributed by atoms with Gasteiger partial charge in [0.15, 0.2) is 0 Å². The second-order valence-corrected chi connectivity index (χ2v) is 4.65. The summed E-state index contributed by atoms with van der Waals surface area (Å²) in [6.45, 7) is 1.06. The van der Waals surface area contributed by atoms with Crippen LogP contribution in [0, 0.1) is 0 Å². The van der Waals surface area contributed by atoms with E-state index in [1.807, 2.05) is 0 Å². The molecule has 0 spiro atoms. The van der Waals surface area contributed by atoms with Crippen molar-refractivity contribution in [3.05, 3.63) is 12.4 Å². The number of urea groups is 1. The van der Waals surface area contributed by atoms with Crippen LogP contribution in [0.15, 0.2) is 12.4 Å². The minimum absolute atomic E-state index is 0.0475. The Kier molecular flexibility index (Phi) is 4.51. The van der Waals surface area contributed by atoms with Crippen LogP contribution in [0.25, 0.3) is 0 Å². The third-order valence-electron chi connectivity index (χ3n) is 3.14. The van der Waals surface area contributed by atoms with Gasteiger partial charge in [0.2, 0.25) is 0 Å². The van der Waals surface area contributed by atoms with Crippen LogP contribution in [0.4, 0.5) is 4.79 Å². The lowest BCUT2D eigenvalue weighted by Gasteiger charge is -2.21. The van der Waals surface area contributed by atoms with Gasteiger partial charge in [-0.1, -0.05) is 5.21 Å². The Labute approximate surface area is 115 Å². The molecule has 0 unspecified atom stereocenters. The first-order chi connectivity index (χ1) is 9.58. The number of aliphatic hydroxyl groups excluding tert-OH is 1. The molecule has 2 rings (SSSR count). The summed E-state index contributed by atoms with van der Waals surface area (Å²) in [4.78, 5) is 24.0. The van der Waals surface area contributed by atoms with Crippen molar-refractivity contribution in [1.29, 1.82) is 0 Å². The van der Waals surface area contributed by atoms with Crippen LogP contribution in [-0.2, 0) is 11.3 Å². The molecule has 20 heavy (non-hydrogen) atoms. The molecular formula is C11H17N5O4. The highest BCUT2D eigenvalue weighted by Gasteiger charge is 2.38. The number of β-amino-alcohol motifs (C(OH)–C–C–N with tert-alkyl or cyclic N) is 1. The maximum Gasteiger partial charge on any atom is 0.326 e. The fourth-order valence-corrected chi connectivity index (χ4v) is 2.16. The summed E-state index contributed by atoms with van der Waals surface area (Å²) in [5, 5.41) is 28.5. The van der Waals surface area contributed by atoms with E-state index in [-0.39, 0.29) is 13.0 Å². The Bertz CT molecular complexity index is 463. The molecule has 1 fully saturated rings. The number of carboxylic acid groups (broad SMARTS) is 1. The molecule has 0 radical (unpaired) electrons. The zero-order valence-electron chi connectivity index (χ0n) is 10.8. The maximum absolute atomic E-state index is 11.9. The van der Waals surface area contributed by atoms with Crippen LogP contribution in [0.2, 0.25) is 0 Å². The molecule has 3 N–H and O–H groups in total. The number of nitrogens with one attached hydrogen (secondary N) is 1. The third-order valence-corrected chi connectivity index (χ3v) is 3.14. The molecule has 2 heterocycles. The zero-order chi connectivity index (χ0) is 14.5. The van der Waals surface area contributed by atoms with E-state index in [1.54, 1.807) is 17.1 Å². The monoisotopic (exact) mass is 283 g/mol. The van der Waals surface area contributed by atoms with Crippen molar-refractivity contribution < 1.29 is 19.8 Å². The molecule has 1 aliphatic heterocycles. The number of carbonyl (C=O) groups is 2. The van der Waals surface area contributed by atoms with Crippen molar-refractivity contribution >= 4 is 12.0 Å². The first-order valence-corrected chi connectivity index (χ1v) is 6.37. The Balaban J connectivity index is 1.75. The lowest BCUT2D eigenvalue weighted by Crippen LogP contribution is -2.46. The second-order valence-electron chi connectivity index (χ2n) is 4.65. The van der Waals surface area contributed by atoms with Crippen LogP contribution in [0.5, 0.6) is 0 Å². The van der Waals surface area contributed by atoms with Gasteiger partial charge in [-0.2, -0.15) is 0 Å². The maximum atomic E-state index is 11.9. The third kappa shape index (κ3) is 3.44. The summed E-state index contributed by atoms with van der Waals surface area (Å²) in [6.07, 6.45) is 3.24. The lowest BCUT2D eigenvalue weighted by molar-refractivity contribution is -0.141. The van der Waals surface area contributed by atoms with Gasteiger partial charge in [-0.3, -0.25) is 4.68 Å². The molecule has 0 aliphatic carbocycles. The number of aryl methyl sites for hydroxylation is 1. The number of nitrogens with zero attached hydrogens (tertiary/aromatic N) is 4. The Morgan fingerprint density at radius 2 is 2.25 bits per heavy atom. The summed E-state index contributed by atoms with van der Waals surface area (Å²) in [7, 11) is 0. The average Bonchev–Trinajstić information content (AvgIpc) is 3.03. The van der Waals surface area contributed by atoms with Gasteiger partial charge >= 0.3 is 12.0 Å². The van der Waals surface area contributed by atoms with Gasteiger partial charge in [0.05, 0.1) is 12.3 Å². The van der Waals surface area contributed by atoms with Gasteiger partial charge in [0.25, 0.3) is 0 Å². The SMILES string of the molecule is O=C(O)[C@@H]1C[C@H](O)CN1C(=O)NCCCn1ccnn1. The van der Waals surface area contributed by atoms with Gasteiger partial charge in [-0.05, 0) is 6.42 Å². The normalized spacial score (nSPS) is 21.9. The topological polar surface area (TPSA) is 121 Å². The first kappa shape index (κ1) is 14.3. The molecule has 9 heteroatoms. The van der Waals surface area contributed by atoms with E-state index in [0.717, 1.165) is 4.90 Å². The average molecular weight is 283 g/mol. The Hall–Kier alpha value is -2.16. The predicted octanol–water partition coefficient (Wildman–Crippen LogP) is -1.10. The van der Waals surface area contributed by atoms with Gasteiger partial charge in [0.1, 0.15) is 6.04 Å². The van der Waals surface area contributed by atoms with E-state index in [9.17, 15) is 14.7 Å². The molecular weight excluding hydrogens is 266 g/mol. The molecule has 1 aromatic rings. The van der Waals surface area contributed by atoms with Crippen LogP contribution < -0.4 is 5.32 Å². The highest BCUT2D eigenvalue weighted by atomic mass is 16.4. The fourth-order valence-electron chi connectivity index (χ4n) is 2.16. The largest absolute Gasteiger partial charge is 0.480 e. The summed E-state index contributed by atoms with van der Waals surface area (Å²) < 4.78 is 1.64. The van der Waals surface area contributed by atoms with Crippen molar-refractivity contribution in [3.8, 4) is 0 Å².